The third-order valence-electron chi connectivity index (χ3n) is 2.53. The molecule has 0 spiro atoms. The van der Waals surface area contributed by atoms with Crippen LogP contribution in [0.4, 0.5) is 10.5 Å². The fourth-order valence-electron chi connectivity index (χ4n) is 1.61. The Labute approximate surface area is 94.2 Å². The third kappa shape index (κ3) is 2.70. The van der Waals surface area contributed by atoms with Crippen LogP contribution in [0.1, 0.15) is 12.0 Å². The number of anilines is 1. The van der Waals surface area contributed by atoms with Crippen molar-refractivity contribution in [3.63, 3.8) is 0 Å². The Kier molecular flexibility index (Phi) is 3.36. The van der Waals surface area contributed by atoms with Gasteiger partial charge in [-0.25, -0.2) is 4.79 Å². The molecule has 1 unspecified atom stereocenters. The summed E-state index contributed by atoms with van der Waals surface area (Å²) in [6.45, 7) is 3.23. The molecule has 1 aromatic heterocycles. The van der Waals surface area contributed by atoms with Crippen LogP contribution in [0.5, 0.6) is 0 Å². The number of carbonyl (C=O) groups is 1. The minimum atomic E-state index is -0.190. The lowest BCUT2D eigenvalue weighted by molar-refractivity contribution is 0.189. The van der Waals surface area contributed by atoms with Crippen LogP contribution in [0.15, 0.2) is 18.5 Å². The molecule has 5 nitrogen and oxygen atoms in total. The monoisotopic (exact) mass is 221 g/mol. The number of amides is 2. The number of nitrogens with one attached hydrogen (secondary N) is 2. The van der Waals surface area contributed by atoms with Crippen LogP contribution in [0, 0.1) is 6.92 Å². The summed E-state index contributed by atoms with van der Waals surface area (Å²) in [5.41, 5.74) is 1.73. The molecule has 5 heteroatoms. The molecule has 2 heterocycles. The molecule has 0 saturated carbocycles. The van der Waals surface area contributed by atoms with E-state index in [1.807, 2.05) is 6.92 Å². The molecule has 2 amide bonds. The Morgan fingerprint density at radius 3 is 3.19 bits per heavy atom. The maximum Gasteiger partial charge on any atom is 0.319 e. The van der Waals surface area contributed by atoms with E-state index in [0.29, 0.717) is 6.61 Å². The average molecular weight is 221 g/mol. The highest BCUT2D eigenvalue weighted by atomic mass is 16.5. The number of aromatic nitrogens is 1. The molecule has 0 bridgehead atoms. The fourth-order valence-corrected chi connectivity index (χ4v) is 1.61. The van der Waals surface area contributed by atoms with Gasteiger partial charge in [-0.1, -0.05) is 0 Å². The lowest BCUT2D eigenvalue weighted by Crippen LogP contribution is -2.38. The minimum absolute atomic E-state index is 0.127. The van der Waals surface area contributed by atoms with E-state index in [1.54, 1.807) is 18.5 Å². The minimum Gasteiger partial charge on any atom is -0.379 e. The highest BCUT2D eigenvalue weighted by Gasteiger charge is 2.17. The lowest BCUT2D eigenvalue weighted by Gasteiger charge is -2.12. The van der Waals surface area contributed by atoms with Crippen LogP contribution < -0.4 is 10.6 Å². The third-order valence-corrected chi connectivity index (χ3v) is 2.53. The predicted molar refractivity (Wildman–Crippen MR) is 60.4 cm³/mol. The van der Waals surface area contributed by atoms with Crippen molar-refractivity contribution in [2.24, 2.45) is 0 Å². The molecule has 16 heavy (non-hydrogen) atoms. The topological polar surface area (TPSA) is 63.2 Å². The SMILES string of the molecule is Cc1cnccc1NC(=O)NC1CCOC1. The first-order chi connectivity index (χ1) is 7.75. The lowest BCUT2D eigenvalue weighted by atomic mass is 10.2. The number of pyridine rings is 1. The Morgan fingerprint density at radius 1 is 1.62 bits per heavy atom. The van der Waals surface area contributed by atoms with Gasteiger partial charge in [0.25, 0.3) is 0 Å². The molecule has 1 fully saturated rings. The summed E-state index contributed by atoms with van der Waals surface area (Å²) in [4.78, 5) is 15.6. The number of aryl methyl sites for hydroxylation is 1. The standard InChI is InChI=1S/C11H15N3O2/c1-8-6-12-4-2-10(8)14-11(15)13-9-3-5-16-7-9/h2,4,6,9H,3,5,7H2,1H3,(H2,12,13,14,15). The van der Waals surface area contributed by atoms with Gasteiger partial charge in [0.1, 0.15) is 0 Å². The van der Waals surface area contributed by atoms with E-state index in [4.69, 9.17) is 4.74 Å². The number of rotatable bonds is 2. The van der Waals surface area contributed by atoms with Crippen LogP contribution in [0.2, 0.25) is 0 Å². The second-order valence-corrected chi connectivity index (χ2v) is 3.85. The van der Waals surface area contributed by atoms with Crippen LogP contribution in [0.25, 0.3) is 0 Å². The van der Waals surface area contributed by atoms with Crippen LogP contribution >= 0.6 is 0 Å². The van der Waals surface area contributed by atoms with E-state index in [2.05, 4.69) is 15.6 Å². The van der Waals surface area contributed by atoms with Crippen molar-refractivity contribution in [3.05, 3.63) is 24.0 Å². The summed E-state index contributed by atoms with van der Waals surface area (Å²) in [6, 6.07) is 1.71. The maximum atomic E-state index is 11.6. The second-order valence-electron chi connectivity index (χ2n) is 3.85. The molecular formula is C11H15N3O2. The number of nitrogens with zero attached hydrogens (tertiary/aromatic N) is 1. The van der Waals surface area contributed by atoms with Crippen molar-refractivity contribution < 1.29 is 9.53 Å². The van der Waals surface area contributed by atoms with Crippen molar-refractivity contribution in [1.82, 2.24) is 10.3 Å². The number of urea groups is 1. The second kappa shape index (κ2) is 4.94. The zero-order valence-corrected chi connectivity index (χ0v) is 9.19. The van der Waals surface area contributed by atoms with Gasteiger partial charge in [-0.3, -0.25) is 4.98 Å². The fraction of sp³-hybridized carbons (Fsp3) is 0.455. The van der Waals surface area contributed by atoms with E-state index < -0.39 is 0 Å². The van der Waals surface area contributed by atoms with Gasteiger partial charge < -0.3 is 15.4 Å². The quantitative estimate of drug-likeness (QED) is 0.791. The maximum absolute atomic E-state index is 11.6. The molecule has 1 aliphatic rings. The van der Waals surface area contributed by atoms with Gasteiger partial charge in [0, 0.05) is 24.7 Å². The van der Waals surface area contributed by atoms with E-state index >= 15 is 0 Å². The van der Waals surface area contributed by atoms with Crippen LogP contribution in [0.3, 0.4) is 0 Å². The van der Waals surface area contributed by atoms with Crippen LogP contribution in [-0.4, -0.2) is 30.3 Å². The summed E-state index contributed by atoms with van der Waals surface area (Å²) in [6.07, 6.45) is 4.25. The Balaban J connectivity index is 1.89. The Bertz CT molecular complexity index is 375. The van der Waals surface area contributed by atoms with Gasteiger partial charge in [-0.2, -0.15) is 0 Å². The van der Waals surface area contributed by atoms with Gasteiger partial charge >= 0.3 is 6.03 Å². The molecule has 0 aromatic carbocycles. The van der Waals surface area contributed by atoms with Gasteiger partial charge in [0.15, 0.2) is 0 Å². The van der Waals surface area contributed by atoms with Crippen molar-refractivity contribution in [1.29, 1.82) is 0 Å². The smallest absolute Gasteiger partial charge is 0.319 e. The number of carbonyl (C=O) groups excluding carboxylic acids is 1. The summed E-state index contributed by atoms with van der Waals surface area (Å²) < 4.78 is 5.18. The predicted octanol–water partition coefficient (Wildman–Crippen LogP) is 1.30. The first-order valence-corrected chi connectivity index (χ1v) is 5.31. The van der Waals surface area contributed by atoms with Crippen molar-refractivity contribution in [2.45, 2.75) is 19.4 Å². The summed E-state index contributed by atoms with van der Waals surface area (Å²) in [5, 5.41) is 5.65. The highest BCUT2D eigenvalue weighted by molar-refractivity contribution is 5.90. The van der Waals surface area contributed by atoms with E-state index in [9.17, 15) is 4.79 Å². The van der Waals surface area contributed by atoms with Crippen molar-refractivity contribution in [3.8, 4) is 0 Å². The highest BCUT2D eigenvalue weighted by Crippen LogP contribution is 2.11. The molecule has 0 radical (unpaired) electrons. The molecule has 0 aliphatic carbocycles. The largest absolute Gasteiger partial charge is 0.379 e. The summed E-state index contributed by atoms with van der Waals surface area (Å²) in [5.74, 6) is 0. The van der Waals surface area contributed by atoms with Gasteiger partial charge in [0.2, 0.25) is 0 Å². The Hall–Kier alpha value is -1.62. The zero-order valence-electron chi connectivity index (χ0n) is 9.19. The number of hydrogen-bond acceptors (Lipinski definition) is 3. The summed E-state index contributed by atoms with van der Waals surface area (Å²) >= 11 is 0. The van der Waals surface area contributed by atoms with Crippen molar-refractivity contribution >= 4 is 11.7 Å². The van der Waals surface area contributed by atoms with Gasteiger partial charge in [-0.05, 0) is 25.0 Å². The first kappa shape index (κ1) is 10.9. The normalized spacial score (nSPS) is 19.4. The van der Waals surface area contributed by atoms with E-state index in [1.165, 1.54) is 0 Å². The molecule has 2 N–H and O–H groups in total. The Morgan fingerprint density at radius 2 is 2.50 bits per heavy atom. The van der Waals surface area contributed by atoms with Crippen LogP contribution in [-0.2, 0) is 4.74 Å². The summed E-state index contributed by atoms with van der Waals surface area (Å²) in [7, 11) is 0. The molecule has 1 saturated heterocycles. The average Bonchev–Trinajstić information content (AvgIpc) is 2.74. The zero-order chi connectivity index (χ0) is 11.4. The molecule has 86 valence electrons. The van der Waals surface area contributed by atoms with E-state index in [-0.39, 0.29) is 12.1 Å². The molecule has 1 aliphatic heterocycles. The van der Waals surface area contributed by atoms with Crippen molar-refractivity contribution in [2.75, 3.05) is 18.5 Å². The van der Waals surface area contributed by atoms with Gasteiger partial charge in [0.05, 0.1) is 12.6 Å². The first-order valence-electron chi connectivity index (χ1n) is 5.31. The van der Waals surface area contributed by atoms with E-state index in [0.717, 1.165) is 24.3 Å². The molecule has 1 aromatic rings. The number of hydrogen-bond donors (Lipinski definition) is 2. The molecule has 1 atom stereocenters. The molecule has 2 rings (SSSR count). The number of ether oxygens (including phenoxy) is 1. The van der Waals surface area contributed by atoms with Gasteiger partial charge in [-0.15, -0.1) is 0 Å². The molecular weight excluding hydrogens is 206 g/mol.